The van der Waals surface area contributed by atoms with Gasteiger partial charge < -0.3 is 15.4 Å². The molecule has 1 saturated heterocycles. The zero-order valence-electron chi connectivity index (χ0n) is 22.2. The van der Waals surface area contributed by atoms with Crippen molar-refractivity contribution in [3.63, 3.8) is 0 Å². The Morgan fingerprint density at radius 3 is 2.58 bits per heavy atom. The van der Waals surface area contributed by atoms with Crippen molar-refractivity contribution in [3.05, 3.63) is 102 Å². The van der Waals surface area contributed by atoms with E-state index < -0.39 is 5.82 Å². The molecule has 5 aromatic rings. The first-order chi connectivity index (χ1) is 19.5. The molecular formula is C32H29FN6O. The number of imidazole rings is 1. The number of benzene rings is 3. The predicted molar refractivity (Wildman–Crippen MR) is 153 cm³/mol. The van der Waals surface area contributed by atoms with E-state index in [9.17, 15) is 9.65 Å². The zero-order chi connectivity index (χ0) is 27.6. The average Bonchev–Trinajstić information content (AvgIpc) is 3.47. The van der Waals surface area contributed by atoms with E-state index in [0.29, 0.717) is 23.5 Å². The minimum Gasteiger partial charge on any atom is -0.489 e. The van der Waals surface area contributed by atoms with Gasteiger partial charge >= 0.3 is 0 Å². The van der Waals surface area contributed by atoms with Crippen molar-refractivity contribution in [2.45, 2.75) is 32.4 Å². The summed E-state index contributed by atoms with van der Waals surface area (Å²) in [6.45, 7) is 3.98. The molecule has 2 N–H and O–H groups in total. The molecule has 0 aliphatic carbocycles. The molecule has 40 heavy (non-hydrogen) atoms. The normalized spacial score (nSPS) is 13.9. The molecule has 0 radical (unpaired) electrons. The highest BCUT2D eigenvalue weighted by Crippen LogP contribution is 2.39. The second kappa shape index (κ2) is 10.8. The number of aromatic nitrogens is 3. The Bertz CT molecular complexity index is 1720. The number of hydrogen-bond acceptors (Lipinski definition) is 6. The molecule has 1 aliphatic heterocycles. The van der Waals surface area contributed by atoms with E-state index in [4.69, 9.17) is 20.4 Å². The van der Waals surface area contributed by atoms with Crippen LogP contribution in [0, 0.1) is 24.1 Å². The van der Waals surface area contributed by atoms with Crippen molar-refractivity contribution in [1.82, 2.24) is 14.4 Å². The van der Waals surface area contributed by atoms with Crippen molar-refractivity contribution in [2.24, 2.45) is 5.73 Å². The first kappa shape index (κ1) is 25.5. The third-order valence-electron chi connectivity index (χ3n) is 7.43. The highest BCUT2D eigenvalue weighted by molar-refractivity contribution is 5.91. The lowest BCUT2D eigenvalue weighted by atomic mass is 9.97. The molecular weight excluding hydrogens is 503 g/mol. The topological polar surface area (TPSA) is 92.5 Å². The quantitative estimate of drug-likeness (QED) is 0.293. The minimum absolute atomic E-state index is 0.00985. The maximum Gasteiger partial charge on any atom is 0.211 e. The summed E-state index contributed by atoms with van der Waals surface area (Å²) in [5, 5.41) is 9.30. The molecule has 3 aromatic carbocycles. The number of fused-ring (bicyclic) bond motifs is 1. The molecule has 1 fully saturated rings. The number of ether oxygens (including phenoxy) is 1. The Morgan fingerprint density at radius 1 is 1.05 bits per heavy atom. The molecule has 0 bridgehead atoms. The van der Waals surface area contributed by atoms with Gasteiger partial charge in [-0.25, -0.2) is 14.4 Å². The van der Waals surface area contributed by atoms with Crippen LogP contribution in [0.4, 0.5) is 10.3 Å². The lowest BCUT2D eigenvalue weighted by Gasteiger charge is -2.32. The molecule has 200 valence electrons. The number of hydrogen-bond donors (Lipinski definition) is 1. The first-order valence-electron chi connectivity index (χ1n) is 13.4. The average molecular weight is 533 g/mol. The summed E-state index contributed by atoms with van der Waals surface area (Å²) in [7, 11) is 0. The number of aryl methyl sites for hydroxylation is 1. The van der Waals surface area contributed by atoms with Crippen LogP contribution < -0.4 is 15.4 Å². The second-order valence-electron chi connectivity index (χ2n) is 10.1. The number of rotatable bonds is 6. The van der Waals surface area contributed by atoms with Crippen LogP contribution in [-0.2, 0) is 6.61 Å². The van der Waals surface area contributed by atoms with E-state index in [1.54, 1.807) is 12.3 Å². The molecule has 7 nitrogen and oxygen atoms in total. The smallest absolute Gasteiger partial charge is 0.211 e. The van der Waals surface area contributed by atoms with Gasteiger partial charge in [0.05, 0.1) is 16.8 Å². The number of nitrogens with two attached hydrogens (primary N) is 1. The molecule has 0 atom stereocenters. The maximum absolute atomic E-state index is 14.9. The summed E-state index contributed by atoms with van der Waals surface area (Å²) < 4.78 is 23.1. The Labute approximate surface area is 232 Å². The number of nitriles is 1. The Morgan fingerprint density at radius 2 is 1.82 bits per heavy atom. The molecule has 0 saturated carbocycles. The van der Waals surface area contributed by atoms with Gasteiger partial charge in [-0.05, 0) is 54.7 Å². The molecule has 0 unspecified atom stereocenters. The van der Waals surface area contributed by atoms with Crippen molar-refractivity contribution in [3.8, 4) is 34.2 Å². The summed E-state index contributed by atoms with van der Waals surface area (Å²) in [5.41, 5.74) is 11.7. The summed E-state index contributed by atoms with van der Waals surface area (Å²) in [6, 6.07) is 22.7. The minimum atomic E-state index is -0.586. The van der Waals surface area contributed by atoms with Crippen molar-refractivity contribution in [2.75, 3.05) is 18.0 Å². The fourth-order valence-corrected chi connectivity index (χ4v) is 5.16. The highest BCUT2D eigenvalue weighted by atomic mass is 19.1. The van der Waals surface area contributed by atoms with E-state index in [0.717, 1.165) is 59.9 Å². The van der Waals surface area contributed by atoms with Gasteiger partial charge in [0, 0.05) is 37.1 Å². The van der Waals surface area contributed by atoms with Gasteiger partial charge in [0.1, 0.15) is 29.9 Å². The van der Waals surface area contributed by atoms with Crippen LogP contribution in [0.2, 0.25) is 0 Å². The summed E-state index contributed by atoms with van der Waals surface area (Å²) in [4.78, 5) is 12.1. The third-order valence-corrected chi connectivity index (χ3v) is 7.43. The molecule has 0 spiro atoms. The van der Waals surface area contributed by atoms with E-state index in [1.165, 1.54) is 12.1 Å². The van der Waals surface area contributed by atoms with Crippen molar-refractivity contribution in [1.29, 1.82) is 5.26 Å². The van der Waals surface area contributed by atoms with Crippen molar-refractivity contribution < 1.29 is 9.13 Å². The number of piperidine rings is 1. The zero-order valence-corrected chi connectivity index (χ0v) is 22.2. The molecule has 3 heterocycles. The van der Waals surface area contributed by atoms with Crippen LogP contribution in [0.3, 0.4) is 0 Å². The first-order valence-corrected chi connectivity index (χ1v) is 13.4. The van der Waals surface area contributed by atoms with Crippen LogP contribution in [0.1, 0.15) is 29.5 Å². The van der Waals surface area contributed by atoms with Crippen molar-refractivity contribution >= 4 is 11.6 Å². The van der Waals surface area contributed by atoms with Crippen LogP contribution in [0.25, 0.3) is 28.0 Å². The van der Waals surface area contributed by atoms with Gasteiger partial charge in [-0.2, -0.15) is 5.26 Å². The molecule has 2 aromatic heterocycles. The van der Waals surface area contributed by atoms with Crippen LogP contribution in [0.15, 0.2) is 79.1 Å². The highest BCUT2D eigenvalue weighted by Gasteiger charge is 2.25. The van der Waals surface area contributed by atoms with E-state index in [2.05, 4.69) is 4.90 Å². The second-order valence-corrected chi connectivity index (χ2v) is 10.1. The van der Waals surface area contributed by atoms with Gasteiger partial charge in [-0.3, -0.25) is 4.40 Å². The number of nitrogens with zero attached hydrogens (tertiary/aromatic N) is 5. The monoisotopic (exact) mass is 532 g/mol. The largest absolute Gasteiger partial charge is 0.489 e. The Kier molecular flexibility index (Phi) is 6.89. The molecule has 8 heteroatoms. The fourth-order valence-electron chi connectivity index (χ4n) is 5.16. The van der Waals surface area contributed by atoms with Gasteiger partial charge in [0.2, 0.25) is 5.95 Å². The predicted octanol–water partition coefficient (Wildman–Crippen LogP) is 5.89. The SMILES string of the molecule is Cc1ccc(-c2c(-c3ccc(C#N)c(F)c3)nc(N3CCC(N)CC3)n3ccnc23)cc1OCc1ccccc1. The van der Waals surface area contributed by atoms with Gasteiger partial charge in [0.25, 0.3) is 0 Å². The maximum atomic E-state index is 14.9. The molecule has 6 rings (SSSR count). The molecule has 0 amide bonds. The van der Waals surface area contributed by atoms with Gasteiger partial charge in [-0.15, -0.1) is 0 Å². The van der Waals surface area contributed by atoms with Crippen LogP contribution in [0.5, 0.6) is 5.75 Å². The van der Waals surface area contributed by atoms with E-state index >= 15 is 0 Å². The van der Waals surface area contributed by atoms with Gasteiger partial charge in [0.15, 0.2) is 0 Å². The number of anilines is 1. The van der Waals surface area contributed by atoms with E-state index in [1.807, 2.05) is 72.1 Å². The fraction of sp³-hybridized carbons (Fsp3) is 0.219. The van der Waals surface area contributed by atoms with E-state index in [-0.39, 0.29) is 11.6 Å². The standard InChI is InChI=1S/C32H29FN6O/c1-21-7-8-23(18-28(21)40-20-22-5-3-2-4-6-22)29-30(24-9-10-25(19-34)27(33)17-24)37-32(39-16-13-36-31(29)39)38-14-11-26(35)12-15-38/h2-10,13,16-18,26H,11-12,14-15,20,35H2,1H3. The molecule has 1 aliphatic rings. The summed E-state index contributed by atoms with van der Waals surface area (Å²) >= 11 is 0. The Balaban J connectivity index is 1.51. The lowest BCUT2D eigenvalue weighted by molar-refractivity contribution is 0.304. The third kappa shape index (κ3) is 4.88. The van der Waals surface area contributed by atoms with Crippen LogP contribution >= 0.6 is 0 Å². The number of halogens is 1. The van der Waals surface area contributed by atoms with Gasteiger partial charge in [-0.1, -0.05) is 48.5 Å². The van der Waals surface area contributed by atoms with Crippen LogP contribution in [-0.4, -0.2) is 33.5 Å². The summed E-state index contributed by atoms with van der Waals surface area (Å²) in [5.74, 6) is 0.893. The summed E-state index contributed by atoms with van der Waals surface area (Å²) in [6.07, 6.45) is 5.38. The Hall–Kier alpha value is -4.74. The lowest BCUT2D eigenvalue weighted by Crippen LogP contribution is -2.40.